The molecule has 0 spiro atoms. The van der Waals surface area contributed by atoms with Crippen LogP contribution in [0.25, 0.3) is 22.3 Å². The third kappa shape index (κ3) is 4.51. The number of anilines is 2. The Bertz CT molecular complexity index is 1510. The van der Waals surface area contributed by atoms with Gasteiger partial charge in [0.1, 0.15) is 11.3 Å². The number of carbonyl (C=O) groups is 1. The molecule has 1 aliphatic rings. The Morgan fingerprint density at radius 2 is 1.77 bits per heavy atom. The zero-order valence-electron chi connectivity index (χ0n) is 19.9. The highest BCUT2D eigenvalue weighted by Crippen LogP contribution is 2.32. The summed E-state index contributed by atoms with van der Waals surface area (Å²) >= 11 is 0. The number of nitrogens with one attached hydrogen (secondary N) is 1. The van der Waals surface area contributed by atoms with Crippen molar-refractivity contribution in [3.8, 4) is 11.3 Å². The van der Waals surface area contributed by atoms with Crippen LogP contribution in [0.3, 0.4) is 0 Å². The zero-order valence-corrected chi connectivity index (χ0v) is 20.7. The first kappa shape index (κ1) is 23.0. The van der Waals surface area contributed by atoms with Crippen molar-refractivity contribution in [2.45, 2.75) is 19.4 Å². The second kappa shape index (κ2) is 8.81. The van der Waals surface area contributed by atoms with Gasteiger partial charge < -0.3 is 14.8 Å². The molecule has 2 aromatic carbocycles. The van der Waals surface area contributed by atoms with E-state index in [0.717, 1.165) is 11.3 Å². The summed E-state index contributed by atoms with van der Waals surface area (Å²) in [5, 5.41) is 2.94. The molecule has 0 radical (unpaired) electrons. The molecular formula is C26H27N5O3S. The van der Waals surface area contributed by atoms with Gasteiger partial charge in [0.15, 0.2) is 15.5 Å². The Kier molecular flexibility index (Phi) is 5.80. The number of aromatic nitrogens is 3. The van der Waals surface area contributed by atoms with Crippen molar-refractivity contribution < 1.29 is 13.2 Å². The first-order valence-corrected chi connectivity index (χ1v) is 13.3. The number of nitrogens with zero attached hydrogens (tertiary/aromatic N) is 4. The lowest BCUT2D eigenvalue weighted by Crippen LogP contribution is -2.16. The van der Waals surface area contributed by atoms with Crippen molar-refractivity contribution in [2.75, 3.05) is 35.8 Å². The lowest BCUT2D eigenvalue weighted by molar-refractivity contribution is 0.102. The van der Waals surface area contributed by atoms with E-state index in [1.807, 2.05) is 91.1 Å². The predicted octanol–water partition coefficient (Wildman–Crippen LogP) is 4.08. The third-order valence-electron chi connectivity index (χ3n) is 6.35. The molecule has 1 amide bonds. The molecule has 1 aliphatic heterocycles. The highest BCUT2D eigenvalue weighted by Gasteiger charge is 2.32. The molecule has 1 atom stereocenters. The topological polar surface area (TPSA) is 97.2 Å². The molecule has 0 unspecified atom stereocenters. The molecule has 0 bridgehead atoms. The van der Waals surface area contributed by atoms with Crippen molar-refractivity contribution in [1.29, 1.82) is 0 Å². The normalized spacial score (nSPS) is 16.9. The van der Waals surface area contributed by atoms with Crippen LogP contribution in [0, 0.1) is 6.92 Å². The Morgan fingerprint density at radius 3 is 2.40 bits per heavy atom. The Labute approximate surface area is 204 Å². The Hall–Kier alpha value is -3.72. The maximum Gasteiger partial charge on any atom is 0.276 e. The number of carbonyl (C=O) groups excluding carboxylic acids is 1. The van der Waals surface area contributed by atoms with Crippen LogP contribution in [-0.2, 0) is 9.84 Å². The second-order valence-electron chi connectivity index (χ2n) is 9.07. The van der Waals surface area contributed by atoms with Gasteiger partial charge in [-0.05, 0) is 43.7 Å². The van der Waals surface area contributed by atoms with Gasteiger partial charge in [-0.15, -0.1) is 0 Å². The van der Waals surface area contributed by atoms with Crippen molar-refractivity contribution in [2.24, 2.45) is 0 Å². The van der Waals surface area contributed by atoms with Gasteiger partial charge in [-0.2, -0.15) is 0 Å². The van der Waals surface area contributed by atoms with Crippen LogP contribution in [0.5, 0.6) is 0 Å². The van der Waals surface area contributed by atoms with Gasteiger partial charge in [0, 0.05) is 31.0 Å². The maximum absolute atomic E-state index is 13.4. The van der Waals surface area contributed by atoms with Gasteiger partial charge >= 0.3 is 0 Å². The summed E-state index contributed by atoms with van der Waals surface area (Å²) in [6, 6.07) is 18.9. The summed E-state index contributed by atoms with van der Waals surface area (Å²) in [4.78, 5) is 24.8. The Morgan fingerprint density at radius 1 is 1.06 bits per heavy atom. The van der Waals surface area contributed by atoms with Gasteiger partial charge in [-0.25, -0.2) is 18.4 Å². The van der Waals surface area contributed by atoms with E-state index < -0.39 is 9.84 Å². The van der Waals surface area contributed by atoms with Crippen LogP contribution in [-0.4, -0.2) is 54.5 Å². The van der Waals surface area contributed by atoms with Gasteiger partial charge in [-0.1, -0.05) is 30.3 Å². The Balaban J connectivity index is 1.62. The molecule has 0 saturated carbocycles. The molecule has 180 valence electrons. The highest BCUT2D eigenvalue weighted by atomic mass is 32.2. The number of sulfone groups is 1. The van der Waals surface area contributed by atoms with Crippen molar-refractivity contribution in [3.05, 3.63) is 72.2 Å². The standard InChI is InChI=1S/C26H27N5O3S/c1-17-27-24-23(31(17)21-13-14-35(33,34)16-21)15-22(18-7-5-4-6-8-18)29-25(24)26(32)28-19-9-11-20(12-10-19)30(2)3/h4-12,15,21H,13-14,16H2,1-3H3,(H,28,32)/t21-/m1/s1. The molecular weight excluding hydrogens is 462 g/mol. The molecule has 3 heterocycles. The fraction of sp³-hybridized carbons (Fsp3) is 0.269. The van der Waals surface area contributed by atoms with Crippen LogP contribution in [0.4, 0.5) is 11.4 Å². The molecule has 35 heavy (non-hydrogen) atoms. The van der Waals surface area contributed by atoms with E-state index in [1.165, 1.54) is 0 Å². The first-order valence-electron chi connectivity index (χ1n) is 11.5. The van der Waals surface area contributed by atoms with Gasteiger partial charge in [0.05, 0.1) is 28.8 Å². The minimum atomic E-state index is -3.09. The fourth-order valence-electron chi connectivity index (χ4n) is 4.60. The van der Waals surface area contributed by atoms with Crippen molar-refractivity contribution in [3.63, 3.8) is 0 Å². The van der Waals surface area contributed by atoms with E-state index in [9.17, 15) is 13.2 Å². The molecule has 8 nitrogen and oxygen atoms in total. The quantitative estimate of drug-likeness (QED) is 0.454. The minimum Gasteiger partial charge on any atom is -0.378 e. The van der Waals surface area contributed by atoms with Crippen molar-refractivity contribution >= 4 is 38.2 Å². The number of rotatable bonds is 5. The monoisotopic (exact) mass is 489 g/mol. The third-order valence-corrected chi connectivity index (χ3v) is 8.10. The average molecular weight is 490 g/mol. The summed E-state index contributed by atoms with van der Waals surface area (Å²) in [6.45, 7) is 1.84. The molecule has 1 N–H and O–H groups in total. The summed E-state index contributed by atoms with van der Waals surface area (Å²) < 4.78 is 26.4. The lowest BCUT2D eigenvalue weighted by atomic mass is 10.1. The van der Waals surface area contributed by atoms with Crippen LogP contribution in [0.2, 0.25) is 0 Å². The highest BCUT2D eigenvalue weighted by molar-refractivity contribution is 7.91. The second-order valence-corrected chi connectivity index (χ2v) is 11.3. The molecule has 5 rings (SSSR count). The van der Waals surface area contributed by atoms with E-state index in [0.29, 0.717) is 34.7 Å². The van der Waals surface area contributed by atoms with E-state index >= 15 is 0 Å². The zero-order chi connectivity index (χ0) is 24.7. The smallest absolute Gasteiger partial charge is 0.276 e. The number of pyridine rings is 1. The molecule has 1 fully saturated rings. The molecule has 2 aromatic heterocycles. The van der Waals surface area contributed by atoms with E-state index in [1.54, 1.807) is 0 Å². The first-order chi connectivity index (χ1) is 16.7. The average Bonchev–Trinajstić information content (AvgIpc) is 3.36. The summed E-state index contributed by atoms with van der Waals surface area (Å²) in [5.74, 6) is 0.527. The van der Waals surface area contributed by atoms with Gasteiger partial charge in [0.2, 0.25) is 0 Å². The number of hydrogen-bond acceptors (Lipinski definition) is 6. The summed E-state index contributed by atoms with van der Waals surface area (Å²) in [6.07, 6.45) is 0.525. The molecule has 0 aliphatic carbocycles. The van der Waals surface area contributed by atoms with E-state index in [2.05, 4.69) is 10.3 Å². The van der Waals surface area contributed by atoms with Crippen LogP contribution >= 0.6 is 0 Å². The molecule has 4 aromatic rings. The summed E-state index contributed by atoms with van der Waals surface area (Å²) in [5.41, 5.74) is 4.56. The van der Waals surface area contributed by atoms with Gasteiger partial charge in [-0.3, -0.25) is 4.79 Å². The number of imidazole rings is 1. The maximum atomic E-state index is 13.4. The van der Waals surface area contributed by atoms with Crippen LogP contribution in [0.15, 0.2) is 60.7 Å². The van der Waals surface area contributed by atoms with Crippen LogP contribution < -0.4 is 10.2 Å². The van der Waals surface area contributed by atoms with E-state index in [4.69, 9.17) is 4.98 Å². The molecule has 9 heteroatoms. The fourth-order valence-corrected chi connectivity index (χ4v) is 6.30. The van der Waals surface area contributed by atoms with Crippen molar-refractivity contribution in [1.82, 2.24) is 14.5 Å². The van der Waals surface area contributed by atoms with E-state index in [-0.39, 0.29) is 29.1 Å². The minimum absolute atomic E-state index is 0.0715. The summed E-state index contributed by atoms with van der Waals surface area (Å²) in [7, 11) is 0.819. The van der Waals surface area contributed by atoms with Gasteiger partial charge in [0.25, 0.3) is 5.91 Å². The largest absolute Gasteiger partial charge is 0.378 e. The number of hydrogen-bond donors (Lipinski definition) is 1. The lowest BCUT2D eigenvalue weighted by Gasteiger charge is -2.15. The number of aryl methyl sites for hydroxylation is 1. The SMILES string of the molecule is Cc1nc2c(C(=O)Nc3ccc(N(C)C)cc3)nc(-c3ccccc3)cc2n1[C@@H]1CCS(=O)(=O)C1. The number of fused-ring (bicyclic) bond motifs is 1. The van der Waals surface area contributed by atoms with Crippen LogP contribution in [0.1, 0.15) is 28.8 Å². The number of benzene rings is 2. The predicted molar refractivity (Wildman–Crippen MR) is 139 cm³/mol. The number of amides is 1. The molecule has 1 saturated heterocycles.